The number of hydrogen-bond donors (Lipinski definition) is 0. The summed E-state index contributed by atoms with van der Waals surface area (Å²) in [7, 11) is 0. The molecule has 3 aromatic carbocycles. The Hall–Kier alpha value is -2.45. The molecule has 0 N–H and O–H groups in total. The number of rotatable bonds is 1. The maximum atomic E-state index is 4.88. The lowest BCUT2D eigenvalue weighted by Crippen LogP contribution is -1.86. The Kier molecular flexibility index (Phi) is 2.36. The Balaban J connectivity index is 1.96. The van der Waals surface area contributed by atoms with E-state index < -0.39 is 0 Å². The molecule has 0 atom stereocenters. The third kappa shape index (κ3) is 1.56. The van der Waals surface area contributed by atoms with Gasteiger partial charge in [-0.1, -0.05) is 48.5 Å². The molecule has 0 fully saturated rings. The van der Waals surface area contributed by atoms with Crippen LogP contribution in [0.15, 0.2) is 60.7 Å². The molecule has 104 valence electrons. The molecule has 5 rings (SSSR count). The van der Waals surface area contributed by atoms with E-state index in [1.165, 1.54) is 37.7 Å². The molecule has 0 saturated carbocycles. The van der Waals surface area contributed by atoms with Crippen molar-refractivity contribution in [2.45, 2.75) is 6.92 Å². The highest BCUT2D eigenvalue weighted by Crippen LogP contribution is 2.45. The van der Waals surface area contributed by atoms with Crippen molar-refractivity contribution < 1.29 is 0 Å². The summed E-state index contributed by atoms with van der Waals surface area (Å²) in [6, 6.07) is 21.6. The van der Waals surface area contributed by atoms with Crippen LogP contribution >= 0.6 is 11.3 Å². The highest BCUT2D eigenvalue weighted by atomic mass is 32.1. The van der Waals surface area contributed by atoms with Crippen LogP contribution in [0.2, 0.25) is 0 Å². The van der Waals surface area contributed by atoms with Gasteiger partial charge in [-0.15, -0.1) is 11.3 Å². The first-order chi connectivity index (χ1) is 10.8. The van der Waals surface area contributed by atoms with Gasteiger partial charge in [-0.25, -0.2) is 4.98 Å². The molecule has 1 nitrogen and oxygen atoms in total. The molecule has 2 aliphatic rings. The molecule has 22 heavy (non-hydrogen) atoms. The number of aryl methyl sites for hydroxylation is 1. The van der Waals surface area contributed by atoms with Crippen molar-refractivity contribution in [3.63, 3.8) is 0 Å². The van der Waals surface area contributed by atoms with Crippen molar-refractivity contribution in [3.05, 3.63) is 66.2 Å². The third-order valence-corrected chi connectivity index (χ3v) is 5.43. The van der Waals surface area contributed by atoms with Crippen LogP contribution in [-0.2, 0) is 0 Å². The average molecular weight is 299 g/mol. The first-order valence-electron chi connectivity index (χ1n) is 7.41. The Morgan fingerprint density at radius 3 is 2.64 bits per heavy atom. The van der Waals surface area contributed by atoms with E-state index in [2.05, 4.69) is 67.6 Å². The minimum Gasteiger partial charge on any atom is -0.237 e. The first-order valence-corrected chi connectivity index (χ1v) is 8.23. The van der Waals surface area contributed by atoms with E-state index in [-0.39, 0.29) is 0 Å². The van der Waals surface area contributed by atoms with Crippen molar-refractivity contribution in [1.82, 2.24) is 4.98 Å². The fourth-order valence-electron chi connectivity index (χ4n) is 3.34. The quantitative estimate of drug-likeness (QED) is 0.348. The van der Waals surface area contributed by atoms with Crippen molar-refractivity contribution in [3.8, 4) is 21.0 Å². The normalized spacial score (nSPS) is 11.9. The maximum absolute atomic E-state index is 4.88. The molecular weight excluding hydrogens is 286 g/mol. The van der Waals surface area contributed by atoms with Gasteiger partial charge in [-0.05, 0) is 41.0 Å². The third-order valence-electron chi connectivity index (χ3n) is 4.37. The lowest BCUT2D eigenvalue weighted by atomic mass is 9.97. The van der Waals surface area contributed by atoms with E-state index >= 15 is 0 Å². The fourth-order valence-corrected chi connectivity index (χ4v) is 4.44. The molecule has 2 aliphatic heterocycles. The van der Waals surface area contributed by atoms with E-state index in [9.17, 15) is 0 Å². The Morgan fingerprint density at radius 2 is 1.77 bits per heavy atom. The van der Waals surface area contributed by atoms with Crippen LogP contribution in [0, 0.1) is 6.92 Å². The summed E-state index contributed by atoms with van der Waals surface area (Å²) in [5.41, 5.74) is 5.02. The van der Waals surface area contributed by atoms with E-state index in [4.69, 9.17) is 4.98 Å². The van der Waals surface area contributed by atoms with Crippen LogP contribution < -0.4 is 0 Å². The lowest BCUT2D eigenvalue weighted by Gasteiger charge is -2.11. The second-order valence-corrected chi connectivity index (χ2v) is 6.78. The lowest BCUT2D eigenvalue weighted by molar-refractivity contribution is 1.52. The van der Waals surface area contributed by atoms with Crippen LogP contribution in [0.25, 0.3) is 42.7 Å². The molecular formula is C20H13NS. The van der Waals surface area contributed by atoms with Gasteiger partial charge in [0.15, 0.2) is 0 Å². The summed E-state index contributed by atoms with van der Waals surface area (Å²) < 4.78 is 0. The smallest absolute Gasteiger partial charge is 0.125 e. The fraction of sp³-hybridized carbons (Fsp3) is 0.0500. The van der Waals surface area contributed by atoms with Gasteiger partial charge in [-0.3, -0.25) is 0 Å². The predicted molar refractivity (Wildman–Crippen MR) is 95.1 cm³/mol. The highest BCUT2D eigenvalue weighted by Gasteiger charge is 2.20. The summed E-state index contributed by atoms with van der Waals surface area (Å²) in [6.45, 7) is 2.20. The van der Waals surface area contributed by atoms with E-state index in [0.29, 0.717) is 0 Å². The minimum absolute atomic E-state index is 1.11. The molecule has 0 saturated heterocycles. The van der Waals surface area contributed by atoms with Gasteiger partial charge >= 0.3 is 0 Å². The summed E-state index contributed by atoms with van der Waals surface area (Å²) in [4.78, 5) is 6.16. The summed E-state index contributed by atoms with van der Waals surface area (Å²) in [5.74, 6) is 0. The van der Waals surface area contributed by atoms with Gasteiger partial charge in [0.25, 0.3) is 0 Å². The minimum atomic E-state index is 1.11. The molecule has 2 heteroatoms. The van der Waals surface area contributed by atoms with Gasteiger partial charge in [0.05, 0.1) is 5.52 Å². The average Bonchev–Trinajstić information content (AvgIpc) is 2.93. The zero-order valence-electron chi connectivity index (χ0n) is 12.1. The van der Waals surface area contributed by atoms with E-state index in [1.807, 2.05) is 0 Å². The van der Waals surface area contributed by atoms with Crippen LogP contribution in [-0.4, -0.2) is 4.98 Å². The predicted octanol–water partition coefficient (Wildman–Crippen LogP) is 5.97. The molecule has 3 aromatic rings. The number of nitrogens with zero attached hydrogens (tertiary/aromatic N) is 1. The maximum Gasteiger partial charge on any atom is 0.125 e. The summed E-state index contributed by atoms with van der Waals surface area (Å²) in [5, 5.41) is 5.08. The first kappa shape index (κ1) is 12.1. The van der Waals surface area contributed by atoms with Gasteiger partial charge in [0, 0.05) is 15.8 Å². The van der Waals surface area contributed by atoms with Gasteiger partial charge in [0.1, 0.15) is 5.01 Å². The highest BCUT2D eigenvalue weighted by molar-refractivity contribution is 7.18. The van der Waals surface area contributed by atoms with Crippen LogP contribution in [0.3, 0.4) is 0 Å². The second kappa shape index (κ2) is 4.28. The van der Waals surface area contributed by atoms with Crippen molar-refractivity contribution in [2.24, 2.45) is 0 Å². The standard InChI is InChI=1S/C20H13NS/c1-12-10-14-8-5-9-16-18(14)19-15(12)11-17(22-20(19)21-16)13-6-3-2-4-7-13/h2-11H,1H3. The van der Waals surface area contributed by atoms with Gasteiger partial charge in [-0.2, -0.15) is 0 Å². The SMILES string of the molecule is Cc1cc2cccc3nc4sc(-c5ccccc5)cc1c-4c23. The Bertz CT molecular complexity index is 1080. The molecule has 0 spiro atoms. The van der Waals surface area contributed by atoms with Crippen molar-refractivity contribution in [1.29, 1.82) is 0 Å². The number of benzene rings is 3. The molecule has 0 unspecified atom stereocenters. The molecule has 2 heterocycles. The molecule has 0 bridgehead atoms. The van der Waals surface area contributed by atoms with Crippen LogP contribution in [0.1, 0.15) is 5.56 Å². The van der Waals surface area contributed by atoms with Gasteiger partial charge < -0.3 is 0 Å². The van der Waals surface area contributed by atoms with E-state index in [1.54, 1.807) is 11.3 Å². The second-order valence-electron chi connectivity index (χ2n) is 5.75. The van der Waals surface area contributed by atoms with Crippen LogP contribution in [0.5, 0.6) is 0 Å². The van der Waals surface area contributed by atoms with Crippen molar-refractivity contribution >= 4 is 33.0 Å². The number of aromatic nitrogens is 1. The van der Waals surface area contributed by atoms with Crippen molar-refractivity contribution in [2.75, 3.05) is 0 Å². The molecule has 0 aliphatic carbocycles. The monoisotopic (exact) mass is 299 g/mol. The topological polar surface area (TPSA) is 12.9 Å². The molecule has 0 radical (unpaired) electrons. The van der Waals surface area contributed by atoms with Crippen LogP contribution in [0.4, 0.5) is 0 Å². The number of hydrogen-bond acceptors (Lipinski definition) is 2. The van der Waals surface area contributed by atoms with E-state index in [0.717, 1.165) is 10.5 Å². The van der Waals surface area contributed by atoms with Gasteiger partial charge in [0.2, 0.25) is 0 Å². The zero-order valence-corrected chi connectivity index (χ0v) is 12.9. The molecule has 0 amide bonds. The largest absolute Gasteiger partial charge is 0.237 e. The summed E-state index contributed by atoms with van der Waals surface area (Å²) >= 11 is 1.79. The Labute approximate surface area is 132 Å². The molecule has 0 aromatic heterocycles. The summed E-state index contributed by atoms with van der Waals surface area (Å²) in [6.07, 6.45) is 0. The zero-order chi connectivity index (χ0) is 14.7. The Morgan fingerprint density at radius 1 is 0.909 bits per heavy atom.